The SMILES string of the molecule is CCCN(CCC)C(=O)CCN(C(C)=O)c1cccc(Cl)c1. The average Bonchev–Trinajstić information content (AvgIpc) is 2.46. The minimum atomic E-state index is -0.0902. The summed E-state index contributed by atoms with van der Waals surface area (Å²) in [4.78, 5) is 27.6. The molecule has 0 saturated heterocycles. The molecule has 1 aromatic carbocycles. The van der Waals surface area contributed by atoms with Crippen molar-refractivity contribution in [2.45, 2.75) is 40.0 Å². The van der Waals surface area contributed by atoms with Gasteiger partial charge in [-0.2, -0.15) is 0 Å². The number of nitrogens with zero attached hydrogens (tertiary/aromatic N) is 2. The van der Waals surface area contributed by atoms with Crippen LogP contribution in [0.15, 0.2) is 24.3 Å². The van der Waals surface area contributed by atoms with Gasteiger partial charge in [-0.05, 0) is 31.0 Å². The number of carbonyl (C=O) groups excluding carboxylic acids is 2. The van der Waals surface area contributed by atoms with E-state index in [1.54, 1.807) is 23.1 Å². The van der Waals surface area contributed by atoms with Crippen LogP contribution in [0.3, 0.4) is 0 Å². The molecule has 0 bridgehead atoms. The first kappa shape index (κ1) is 18.5. The Hall–Kier alpha value is -1.55. The van der Waals surface area contributed by atoms with E-state index >= 15 is 0 Å². The topological polar surface area (TPSA) is 40.6 Å². The minimum Gasteiger partial charge on any atom is -0.343 e. The summed E-state index contributed by atoms with van der Waals surface area (Å²) in [6.07, 6.45) is 2.21. The van der Waals surface area contributed by atoms with Crippen LogP contribution in [0, 0.1) is 0 Å². The van der Waals surface area contributed by atoms with Gasteiger partial charge in [-0.3, -0.25) is 9.59 Å². The van der Waals surface area contributed by atoms with E-state index in [9.17, 15) is 9.59 Å². The standard InChI is InChI=1S/C17H25ClN2O2/c1-4-10-19(11-5-2)17(22)9-12-20(14(3)21)16-8-6-7-15(18)13-16/h6-8,13H,4-5,9-12H2,1-3H3. The van der Waals surface area contributed by atoms with Crippen LogP contribution >= 0.6 is 11.6 Å². The van der Waals surface area contributed by atoms with Crippen molar-refractivity contribution in [1.29, 1.82) is 0 Å². The van der Waals surface area contributed by atoms with Crippen molar-refractivity contribution >= 4 is 29.1 Å². The fourth-order valence-corrected chi connectivity index (χ4v) is 2.56. The summed E-state index contributed by atoms with van der Waals surface area (Å²) in [6.45, 7) is 7.53. The Morgan fingerprint density at radius 3 is 2.23 bits per heavy atom. The highest BCUT2D eigenvalue weighted by Crippen LogP contribution is 2.20. The third-order valence-electron chi connectivity index (χ3n) is 3.39. The lowest BCUT2D eigenvalue weighted by Gasteiger charge is -2.25. The number of carbonyl (C=O) groups is 2. The molecule has 0 N–H and O–H groups in total. The molecule has 0 aromatic heterocycles. The normalized spacial score (nSPS) is 10.4. The van der Waals surface area contributed by atoms with Crippen LogP contribution in [0.5, 0.6) is 0 Å². The molecule has 0 heterocycles. The van der Waals surface area contributed by atoms with Crippen molar-refractivity contribution < 1.29 is 9.59 Å². The predicted molar refractivity (Wildman–Crippen MR) is 91.3 cm³/mol. The second kappa shape index (κ2) is 9.46. The third kappa shape index (κ3) is 5.68. The molecule has 4 nitrogen and oxygen atoms in total. The van der Waals surface area contributed by atoms with Crippen LogP contribution in [-0.2, 0) is 9.59 Å². The fourth-order valence-electron chi connectivity index (χ4n) is 2.38. The molecule has 1 aromatic rings. The minimum absolute atomic E-state index is 0.0902. The molecule has 0 spiro atoms. The maximum Gasteiger partial charge on any atom is 0.224 e. The Kier molecular flexibility index (Phi) is 7.96. The highest BCUT2D eigenvalue weighted by molar-refractivity contribution is 6.30. The quantitative estimate of drug-likeness (QED) is 0.731. The molecule has 5 heteroatoms. The first-order valence-corrected chi connectivity index (χ1v) is 8.18. The van der Waals surface area contributed by atoms with Crippen LogP contribution in [0.25, 0.3) is 0 Å². The fraction of sp³-hybridized carbons (Fsp3) is 0.529. The van der Waals surface area contributed by atoms with Gasteiger partial charge in [0.25, 0.3) is 0 Å². The van der Waals surface area contributed by atoms with E-state index in [1.807, 2.05) is 11.0 Å². The number of benzene rings is 1. The van der Waals surface area contributed by atoms with Crippen LogP contribution in [0.1, 0.15) is 40.0 Å². The molecule has 0 radical (unpaired) electrons. The van der Waals surface area contributed by atoms with Gasteiger partial charge in [0.1, 0.15) is 0 Å². The Bertz CT molecular complexity index is 499. The maximum atomic E-state index is 12.3. The molecule has 0 unspecified atom stereocenters. The Morgan fingerprint density at radius 1 is 1.09 bits per heavy atom. The summed E-state index contributed by atoms with van der Waals surface area (Å²) >= 11 is 5.98. The zero-order valence-corrected chi connectivity index (χ0v) is 14.4. The summed E-state index contributed by atoms with van der Waals surface area (Å²) < 4.78 is 0. The van der Waals surface area contributed by atoms with Gasteiger partial charge in [0.2, 0.25) is 11.8 Å². The molecule has 22 heavy (non-hydrogen) atoms. The molecule has 2 amide bonds. The lowest BCUT2D eigenvalue weighted by molar-refractivity contribution is -0.131. The van der Waals surface area contributed by atoms with Crippen molar-refractivity contribution in [3.05, 3.63) is 29.3 Å². The Morgan fingerprint density at radius 2 is 1.73 bits per heavy atom. The van der Waals surface area contributed by atoms with Crippen LogP contribution in [0.2, 0.25) is 5.02 Å². The van der Waals surface area contributed by atoms with Gasteiger partial charge in [0, 0.05) is 43.7 Å². The third-order valence-corrected chi connectivity index (χ3v) is 3.62. The van der Waals surface area contributed by atoms with E-state index in [0.29, 0.717) is 18.0 Å². The number of rotatable bonds is 8. The lowest BCUT2D eigenvalue weighted by atomic mass is 10.2. The zero-order chi connectivity index (χ0) is 16.5. The molecule has 0 saturated carbocycles. The van der Waals surface area contributed by atoms with Gasteiger partial charge >= 0.3 is 0 Å². The van der Waals surface area contributed by atoms with E-state index in [4.69, 9.17) is 11.6 Å². The number of anilines is 1. The van der Waals surface area contributed by atoms with Crippen molar-refractivity contribution in [2.24, 2.45) is 0 Å². The number of amides is 2. The van der Waals surface area contributed by atoms with Crippen molar-refractivity contribution in [1.82, 2.24) is 4.90 Å². The van der Waals surface area contributed by atoms with Gasteiger partial charge in [-0.1, -0.05) is 31.5 Å². The van der Waals surface area contributed by atoms with Gasteiger partial charge in [0.15, 0.2) is 0 Å². The van der Waals surface area contributed by atoms with E-state index < -0.39 is 0 Å². The number of hydrogen-bond acceptors (Lipinski definition) is 2. The second-order valence-corrected chi connectivity index (χ2v) is 5.72. The number of hydrogen-bond donors (Lipinski definition) is 0. The van der Waals surface area contributed by atoms with E-state index in [0.717, 1.165) is 31.6 Å². The monoisotopic (exact) mass is 324 g/mol. The molecule has 0 aliphatic heterocycles. The summed E-state index contributed by atoms with van der Waals surface area (Å²) in [5.41, 5.74) is 0.727. The van der Waals surface area contributed by atoms with Gasteiger partial charge in [0.05, 0.1) is 0 Å². The molecular weight excluding hydrogens is 300 g/mol. The van der Waals surface area contributed by atoms with Gasteiger partial charge in [-0.25, -0.2) is 0 Å². The Balaban J connectivity index is 2.72. The molecule has 0 fully saturated rings. The zero-order valence-electron chi connectivity index (χ0n) is 13.6. The summed E-state index contributed by atoms with van der Waals surface area (Å²) in [5.74, 6) is 0.00424. The first-order chi connectivity index (χ1) is 10.5. The van der Waals surface area contributed by atoms with Crippen LogP contribution < -0.4 is 4.90 Å². The highest BCUT2D eigenvalue weighted by atomic mass is 35.5. The molecular formula is C17H25ClN2O2. The largest absolute Gasteiger partial charge is 0.343 e. The van der Waals surface area contributed by atoms with Gasteiger partial charge < -0.3 is 9.80 Å². The molecule has 0 aliphatic carbocycles. The van der Waals surface area contributed by atoms with Crippen molar-refractivity contribution in [3.63, 3.8) is 0 Å². The highest BCUT2D eigenvalue weighted by Gasteiger charge is 2.17. The van der Waals surface area contributed by atoms with Crippen LogP contribution in [-0.4, -0.2) is 36.3 Å². The molecule has 0 aliphatic rings. The summed E-state index contributed by atoms with van der Waals surface area (Å²) in [5, 5.41) is 0.577. The first-order valence-electron chi connectivity index (χ1n) is 7.81. The van der Waals surface area contributed by atoms with Crippen molar-refractivity contribution in [2.75, 3.05) is 24.5 Å². The van der Waals surface area contributed by atoms with E-state index in [1.165, 1.54) is 6.92 Å². The molecule has 0 atom stereocenters. The summed E-state index contributed by atoms with van der Waals surface area (Å²) in [7, 11) is 0. The summed E-state index contributed by atoms with van der Waals surface area (Å²) in [6, 6.07) is 7.13. The Labute approximate surface area is 138 Å². The second-order valence-electron chi connectivity index (χ2n) is 5.28. The predicted octanol–water partition coefficient (Wildman–Crippen LogP) is 3.73. The maximum absolute atomic E-state index is 12.3. The smallest absolute Gasteiger partial charge is 0.224 e. The average molecular weight is 325 g/mol. The van der Waals surface area contributed by atoms with Gasteiger partial charge in [-0.15, -0.1) is 0 Å². The lowest BCUT2D eigenvalue weighted by Crippen LogP contribution is -2.37. The van der Waals surface area contributed by atoms with Crippen LogP contribution in [0.4, 0.5) is 5.69 Å². The van der Waals surface area contributed by atoms with E-state index in [2.05, 4.69) is 13.8 Å². The molecule has 1 rings (SSSR count). The number of halogens is 1. The molecule has 122 valence electrons. The van der Waals surface area contributed by atoms with E-state index in [-0.39, 0.29) is 11.8 Å². The van der Waals surface area contributed by atoms with Crippen molar-refractivity contribution in [3.8, 4) is 0 Å².